The minimum atomic E-state index is -0.897. The molecular formula is C28H41N5O4. The van der Waals surface area contributed by atoms with Gasteiger partial charge in [-0.1, -0.05) is 69.7 Å². The number of carbonyl (C=O) groups is 4. The number of primary amides is 1. The normalized spacial score (nSPS) is 14.3. The van der Waals surface area contributed by atoms with Gasteiger partial charge in [0.1, 0.15) is 18.1 Å². The molecule has 0 bridgehead atoms. The molecule has 0 unspecified atom stereocenters. The molecule has 4 atom stereocenters. The van der Waals surface area contributed by atoms with Crippen molar-refractivity contribution in [1.29, 1.82) is 0 Å². The summed E-state index contributed by atoms with van der Waals surface area (Å²) in [4.78, 5) is 50.8. The fraction of sp³-hybridized carbons (Fsp3) is 0.500. The summed E-state index contributed by atoms with van der Waals surface area (Å²) in [5.41, 5.74) is 11.9. The Morgan fingerprint density at radius 2 is 1.57 bits per heavy atom. The van der Waals surface area contributed by atoms with Crippen LogP contribution >= 0.6 is 0 Å². The lowest BCUT2D eigenvalue weighted by atomic mass is 9.96. The lowest BCUT2D eigenvalue weighted by molar-refractivity contribution is -0.134. The number of amides is 4. The number of fused-ring (bicyclic) bond motifs is 1. The van der Waals surface area contributed by atoms with Gasteiger partial charge in [-0.3, -0.25) is 19.2 Å². The molecule has 4 amide bonds. The summed E-state index contributed by atoms with van der Waals surface area (Å²) in [6.45, 7) is 5.95. The van der Waals surface area contributed by atoms with E-state index < -0.39 is 35.8 Å². The van der Waals surface area contributed by atoms with Gasteiger partial charge in [0.2, 0.25) is 23.6 Å². The monoisotopic (exact) mass is 511 g/mol. The molecule has 0 fully saturated rings. The molecule has 0 spiro atoms. The van der Waals surface area contributed by atoms with E-state index in [1.54, 1.807) is 6.92 Å². The maximum Gasteiger partial charge on any atom is 0.243 e. The predicted molar refractivity (Wildman–Crippen MR) is 145 cm³/mol. The number of nitrogens with one attached hydrogen (secondary N) is 3. The van der Waals surface area contributed by atoms with E-state index in [1.165, 1.54) is 0 Å². The van der Waals surface area contributed by atoms with E-state index in [0.29, 0.717) is 32.2 Å². The van der Waals surface area contributed by atoms with Crippen LogP contribution in [-0.4, -0.2) is 48.3 Å². The molecule has 0 aliphatic carbocycles. The molecular weight excluding hydrogens is 470 g/mol. The molecule has 9 heteroatoms. The fourth-order valence-electron chi connectivity index (χ4n) is 4.10. The Labute approximate surface area is 219 Å². The van der Waals surface area contributed by atoms with Crippen LogP contribution in [0.1, 0.15) is 58.4 Å². The van der Waals surface area contributed by atoms with Crippen LogP contribution in [0.5, 0.6) is 0 Å². The van der Waals surface area contributed by atoms with Gasteiger partial charge in [0.15, 0.2) is 0 Å². The molecule has 0 saturated heterocycles. The van der Waals surface area contributed by atoms with Crippen molar-refractivity contribution in [3.63, 3.8) is 0 Å². The maximum atomic E-state index is 13.4. The van der Waals surface area contributed by atoms with Gasteiger partial charge in [-0.05, 0) is 48.1 Å². The van der Waals surface area contributed by atoms with Gasteiger partial charge < -0.3 is 27.4 Å². The van der Waals surface area contributed by atoms with Crippen LogP contribution < -0.4 is 27.4 Å². The molecule has 2 rings (SSSR count). The van der Waals surface area contributed by atoms with E-state index in [1.807, 2.05) is 56.3 Å². The highest BCUT2D eigenvalue weighted by atomic mass is 16.2. The van der Waals surface area contributed by atoms with Crippen LogP contribution in [0.4, 0.5) is 0 Å². The molecule has 0 radical (unpaired) electrons. The Balaban J connectivity index is 2.22. The Bertz CT molecular complexity index is 1070. The Morgan fingerprint density at radius 1 is 0.865 bits per heavy atom. The van der Waals surface area contributed by atoms with E-state index in [4.69, 9.17) is 11.5 Å². The minimum Gasteiger partial charge on any atom is -0.368 e. The van der Waals surface area contributed by atoms with E-state index in [0.717, 1.165) is 16.3 Å². The van der Waals surface area contributed by atoms with Crippen LogP contribution in [0.15, 0.2) is 42.5 Å². The van der Waals surface area contributed by atoms with Gasteiger partial charge in [0.25, 0.3) is 0 Å². The third kappa shape index (κ3) is 9.17. The number of hydrogen-bond donors (Lipinski definition) is 5. The number of benzene rings is 2. The molecule has 0 saturated carbocycles. The molecule has 2 aromatic rings. The van der Waals surface area contributed by atoms with Crippen molar-refractivity contribution in [1.82, 2.24) is 16.0 Å². The highest BCUT2D eigenvalue weighted by Gasteiger charge is 2.31. The quantitative estimate of drug-likeness (QED) is 0.231. The van der Waals surface area contributed by atoms with Gasteiger partial charge in [-0.15, -0.1) is 0 Å². The SMILES string of the molecule is CCC(=O)N[C@@H](Cc1ccc2ccccc2c1)C(=O)N[C@H](C(=O)N[C@@H](CCCCN)C(N)=O)[C@@H](C)CC. The Kier molecular flexibility index (Phi) is 12.0. The number of rotatable bonds is 15. The van der Waals surface area contributed by atoms with E-state index >= 15 is 0 Å². The number of unbranched alkanes of at least 4 members (excludes halogenated alkanes) is 1. The van der Waals surface area contributed by atoms with Crippen molar-refractivity contribution in [2.45, 2.75) is 77.4 Å². The Hall–Kier alpha value is -3.46. The van der Waals surface area contributed by atoms with E-state index in [9.17, 15) is 19.2 Å². The summed E-state index contributed by atoms with van der Waals surface area (Å²) in [5.74, 6) is -2.06. The van der Waals surface area contributed by atoms with Crippen LogP contribution in [0, 0.1) is 5.92 Å². The minimum absolute atomic E-state index is 0.218. The third-order valence-corrected chi connectivity index (χ3v) is 6.63. The predicted octanol–water partition coefficient (Wildman–Crippen LogP) is 1.91. The number of nitrogens with two attached hydrogens (primary N) is 2. The first-order valence-electron chi connectivity index (χ1n) is 13.1. The van der Waals surface area contributed by atoms with Crippen molar-refractivity contribution >= 4 is 34.4 Å². The second-order valence-electron chi connectivity index (χ2n) is 9.48. The first-order chi connectivity index (χ1) is 17.7. The first-order valence-corrected chi connectivity index (χ1v) is 13.1. The zero-order valence-corrected chi connectivity index (χ0v) is 22.1. The summed E-state index contributed by atoms with van der Waals surface area (Å²) < 4.78 is 0. The number of carbonyl (C=O) groups excluding carboxylic acids is 4. The fourth-order valence-corrected chi connectivity index (χ4v) is 4.10. The largest absolute Gasteiger partial charge is 0.368 e. The van der Waals surface area contributed by atoms with Gasteiger partial charge >= 0.3 is 0 Å². The zero-order valence-electron chi connectivity index (χ0n) is 22.1. The average Bonchev–Trinajstić information content (AvgIpc) is 2.89. The zero-order chi connectivity index (χ0) is 27.4. The molecule has 37 heavy (non-hydrogen) atoms. The molecule has 0 aliphatic rings. The smallest absolute Gasteiger partial charge is 0.243 e. The van der Waals surface area contributed by atoms with Gasteiger partial charge in [0, 0.05) is 12.8 Å². The molecule has 202 valence electrons. The van der Waals surface area contributed by atoms with Crippen LogP contribution in [0.2, 0.25) is 0 Å². The molecule has 9 nitrogen and oxygen atoms in total. The summed E-state index contributed by atoms with van der Waals surface area (Å²) in [7, 11) is 0. The van der Waals surface area contributed by atoms with E-state index in [-0.39, 0.29) is 24.7 Å². The van der Waals surface area contributed by atoms with Gasteiger partial charge in [-0.25, -0.2) is 0 Å². The van der Waals surface area contributed by atoms with Crippen molar-refractivity contribution in [3.8, 4) is 0 Å². The molecule has 0 aromatic heterocycles. The summed E-state index contributed by atoms with van der Waals surface area (Å²) >= 11 is 0. The second-order valence-corrected chi connectivity index (χ2v) is 9.48. The van der Waals surface area contributed by atoms with Crippen LogP contribution in [0.3, 0.4) is 0 Å². The first kappa shape index (κ1) is 29.8. The molecule has 7 N–H and O–H groups in total. The number of hydrogen-bond acceptors (Lipinski definition) is 5. The van der Waals surface area contributed by atoms with Gasteiger partial charge in [0.05, 0.1) is 0 Å². The van der Waals surface area contributed by atoms with Crippen molar-refractivity contribution in [2.24, 2.45) is 17.4 Å². The van der Waals surface area contributed by atoms with Crippen molar-refractivity contribution in [2.75, 3.05) is 6.54 Å². The lowest BCUT2D eigenvalue weighted by Gasteiger charge is -2.28. The topological polar surface area (TPSA) is 156 Å². The summed E-state index contributed by atoms with van der Waals surface area (Å²) in [6.07, 6.45) is 2.82. The standard InChI is InChI=1S/C28H41N5O4/c1-4-18(3)25(28(37)32-22(26(30)35)12-8-9-15-29)33-27(36)23(31-24(34)5-2)17-19-13-14-20-10-6-7-11-21(20)16-19/h6-7,10-11,13-14,16,18,22-23,25H,4-5,8-9,12,15,17,29H2,1-3H3,(H2,30,35)(H,31,34)(H,32,37)(H,33,36)/t18-,22-,23-,25-/m0/s1. The van der Waals surface area contributed by atoms with Crippen LogP contribution in [-0.2, 0) is 25.6 Å². The molecule has 0 heterocycles. The molecule has 2 aromatic carbocycles. The maximum absolute atomic E-state index is 13.4. The Morgan fingerprint density at radius 3 is 2.19 bits per heavy atom. The molecule has 0 aliphatic heterocycles. The summed E-state index contributed by atoms with van der Waals surface area (Å²) in [6, 6.07) is 11.2. The lowest BCUT2D eigenvalue weighted by Crippen LogP contribution is -2.58. The van der Waals surface area contributed by atoms with Crippen molar-refractivity contribution in [3.05, 3.63) is 48.0 Å². The summed E-state index contributed by atoms with van der Waals surface area (Å²) in [5, 5.41) is 10.4. The highest BCUT2D eigenvalue weighted by Crippen LogP contribution is 2.17. The van der Waals surface area contributed by atoms with Crippen LogP contribution in [0.25, 0.3) is 10.8 Å². The third-order valence-electron chi connectivity index (χ3n) is 6.63. The van der Waals surface area contributed by atoms with E-state index in [2.05, 4.69) is 16.0 Å². The highest BCUT2D eigenvalue weighted by molar-refractivity contribution is 5.94. The van der Waals surface area contributed by atoms with Gasteiger partial charge in [-0.2, -0.15) is 0 Å². The van der Waals surface area contributed by atoms with Crippen molar-refractivity contribution < 1.29 is 19.2 Å². The average molecular weight is 512 g/mol. The second kappa shape index (κ2) is 14.9.